The van der Waals surface area contributed by atoms with Gasteiger partial charge in [0.25, 0.3) is 0 Å². The second-order valence-electron chi connectivity index (χ2n) is 8.41. The fourth-order valence-electron chi connectivity index (χ4n) is 4.51. The zero-order valence-corrected chi connectivity index (χ0v) is 19.2. The van der Waals surface area contributed by atoms with E-state index in [4.69, 9.17) is 17.3 Å². The molecule has 0 fully saturated rings. The zero-order chi connectivity index (χ0) is 23.7. The van der Waals surface area contributed by atoms with Crippen LogP contribution in [0.25, 0.3) is 0 Å². The number of fused-ring (bicyclic) bond motifs is 4. The topological polar surface area (TPSA) is 85.9 Å². The number of pyridine rings is 2. The Morgan fingerprint density at radius 2 is 1.12 bits per heavy atom. The van der Waals surface area contributed by atoms with Crippen molar-refractivity contribution in [3.63, 3.8) is 0 Å². The van der Waals surface area contributed by atoms with E-state index in [1.807, 2.05) is 60.7 Å². The van der Waals surface area contributed by atoms with Crippen LogP contribution in [0.4, 0.5) is 5.69 Å². The number of rotatable bonds is 0. The predicted octanol–water partition coefficient (Wildman–Crippen LogP) is 5.06. The molecule has 5 nitrogen and oxygen atoms in total. The van der Waals surface area contributed by atoms with Crippen LogP contribution in [0.2, 0.25) is 5.02 Å². The minimum atomic E-state index is 0.00441. The maximum Gasteiger partial charge on any atom is 0.211 e. The lowest BCUT2D eigenvalue weighted by Gasteiger charge is -2.04. The Labute approximate surface area is 202 Å². The van der Waals surface area contributed by atoms with E-state index in [1.54, 1.807) is 6.20 Å². The van der Waals surface area contributed by atoms with E-state index < -0.39 is 0 Å². The molecule has 0 atom stereocenters. The highest BCUT2D eigenvalue weighted by Crippen LogP contribution is 2.25. The van der Waals surface area contributed by atoms with E-state index >= 15 is 0 Å². The molecule has 2 aromatic heterocycles. The molecule has 6 rings (SSSR count). The lowest BCUT2D eigenvalue weighted by molar-refractivity contribution is 0.102. The quantitative estimate of drug-likeness (QED) is 0.390. The summed E-state index contributed by atoms with van der Waals surface area (Å²) in [6, 6.07) is 19.1. The van der Waals surface area contributed by atoms with E-state index in [-0.39, 0.29) is 11.6 Å². The molecule has 0 saturated carbocycles. The average Bonchev–Trinajstić information content (AvgIpc) is 3.08. The first-order chi connectivity index (χ1) is 16.5. The van der Waals surface area contributed by atoms with Gasteiger partial charge in [-0.1, -0.05) is 60.1 Å². The summed E-state index contributed by atoms with van der Waals surface area (Å²) in [6.07, 6.45) is 6.43. The first-order valence-electron chi connectivity index (χ1n) is 11.2. The molecule has 0 saturated heterocycles. The van der Waals surface area contributed by atoms with Gasteiger partial charge >= 0.3 is 0 Å². The molecule has 0 unspecified atom stereocenters. The number of nitrogens with two attached hydrogens (primary N) is 1. The van der Waals surface area contributed by atoms with Gasteiger partial charge in [-0.05, 0) is 60.1 Å². The van der Waals surface area contributed by atoms with Gasteiger partial charge in [0.05, 0.1) is 16.9 Å². The summed E-state index contributed by atoms with van der Waals surface area (Å²) in [5.41, 5.74) is 13.0. The second-order valence-corrected chi connectivity index (χ2v) is 8.85. The number of aryl methyl sites for hydroxylation is 4. The number of ketones is 2. The molecular weight excluding hydrogens is 446 g/mol. The Kier molecular flexibility index (Phi) is 5.95. The Morgan fingerprint density at radius 1 is 0.647 bits per heavy atom. The maximum atomic E-state index is 12.3. The number of hydrogen-bond donors (Lipinski definition) is 1. The zero-order valence-electron chi connectivity index (χ0n) is 18.4. The number of carbonyl (C=O) groups is 2. The van der Waals surface area contributed by atoms with Gasteiger partial charge in [-0.25, -0.2) is 0 Å². The molecule has 2 aliphatic carbocycles. The number of benzene rings is 2. The largest absolute Gasteiger partial charge is 0.397 e. The van der Waals surface area contributed by atoms with Gasteiger partial charge in [0.2, 0.25) is 11.6 Å². The van der Waals surface area contributed by atoms with Gasteiger partial charge in [-0.3, -0.25) is 19.6 Å². The van der Waals surface area contributed by atoms with E-state index in [9.17, 15) is 9.59 Å². The monoisotopic (exact) mass is 467 g/mol. The van der Waals surface area contributed by atoms with Crippen molar-refractivity contribution in [2.75, 3.05) is 5.73 Å². The molecule has 34 heavy (non-hydrogen) atoms. The second kappa shape index (κ2) is 9.20. The van der Waals surface area contributed by atoms with Gasteiger partial charge < -0.3 is 5.73 Å². The van der Waals surface area contributed by atoms with Crippen LogP contribution in [0.1, 0.15) is 54.4 Å². The molecule has 0 aliphatic heterocycles. The van der Waals surface area contributed by atoms with Crippen molar-refractivity contribution >= 4 is 28.9 Å². The molecule has 0 amide bonds. The first kappa shape index (κ1) is 22.0. The first-order valence-corrected chi connectivity index (χ1v) is 11.5. The summed E-state index contributed by atoms with van der Waals surface area (Å²) >= 11 is 5.92. The average molecular weight is 468 g/mol. The smallest absolute Gasteiger partial charge is 0.211 e. The highest BCUT2D eigenvalue weighted by Gasteiger charge is 2.23. The summed E-state index contributed by atoms with van der Waals surface area (Å²) in [5, 5.41) is 0.586. The van der Waals surface area contributed by atoms with E-state index in [1.165, 1.54) is 6.20 Å². The molecule has 2 aliphatic rings. The van der Waals surface area contributed by atoms with Gasteiger partial charge in [0, 0.05) is 17.3 Å². The third-order valence-electron chi connectivity index (χ3n) is 6.20. The highest BCUT2D eigenvalue weighted by molar-refractivity contribution is 6.30. The molecular formula is C28H22ClN3O2. The number of anilines is 1. The molecule has 0 radical (unpaired) electrons. The number of nitrogen functional groups attached to an aromatic ring is 1. The van der Waals surface area contributed by atoms with Crippen LogP contribution in [0.5, 0.6) is 0 Å². The number of carbonyl (C=O) groups excluding carboxylic acids is 2. The molecule has 2 heterocycles. The van der Waals surface area contributed by atoms with Crippen LogP contribution < -0.4 is 5.73 Å². The standard InChI is InChI=1S/C14H10ClNO.C14H12N2O/c2*15-11-7-10-6-5-9-3-1-2-4-12(9)14(17)13(10)16-8-11/h1-4,7-8H,5-6H2;1-4,7-8H,5-6,15H2. The number of hydrogen-bond acceptors (Lipinski definition) is 5. The SMILES string of the molecule is Nc1cnc2c(c1)CCc1ccccc1C2=O.O=C1c2ccccc2CCc2cc(Cl)cnc21. The predicted molar refractivity (Wildman–Crippen MR) is 132 cm³/mol. The Balaban J connectivity index is 0.000000142. The Bertz CT molecular complexity index is 1320. The summed E-state index contributed by atoms with van der Waals surface area (Å²) in [7, 11) is 0. The van der Waals surface area contributed by atoms with Gasteiger partial charge in [-0.2, -0.15) is 0 Å². The van der Waals surface area contributed by atoms with Gasteiger partial charge in [-0.15, -0.1) is 0 Å². The van der Waals surface area contributed by atoms with Crippen LogP contribution in [0.3, 0.4) is 0 Å². The van der Waals surface area contributed by atoms with Crippen LogP contribution in [0.15, 0.2) is 73.1 Å². The third-order valence-corrected chi connectivity index (χ3v) is 6.41. The van der Waals surface area contributed by atoms with Crippen molar-refractivity contribution in [1.29, 1.82) is 0 Å². The van der Waals surface area contributed by atoms with Crippen molar-refractivity contribution in [2.45, 2.75) is 25.7 Å². The minimum Gasteiger partial charge on any atom is -0.397 e. The van der Waals surface area contributed by atoms with Crippen LogP contribution >= 0.6 is 11.6 Å². The summed E-state index contributed by atoms with van der Waals surface area (Å²) in [6.45, 7) is 0. The van der Waals surface area contributed by atoms with Crippen LogP contribution in [-0.2, 0) is 25.7 Å². The molecule has 0 spiro atoms. The number of aromatic nitrogens is 2. The minimum absolute atomic E-state index is 0.00441. The Morgan fingerprint density at radius 3 is 1.71 bits per heavy atom. The lowest BCUT2D eigenvalue weighted by atomic mass is 10.0. The summed E-state index contributed by atoms with van der Waals surface area (Å²) < 4.78 is 0. The Hall–Kier alpha value is -3.83. The number of halogens is 1. The molecule has 168 valence electrons. The van der Waals surface area contributed by atoms with Crippen molar-refractivity contribution < 1.29 is 9.59 Å². The van der Waals surface area contributed by atoms with Gasteiger partial charge in [0.1, 0.15) is 11.4 Å². The van der Waals surface area contributed by atoms with E-state index in [0.29, 0.717) is 22.1 Å². The lowest BCUT2D eigenvalue weighted by Crippen LogP contribution is -2.07. The normalized spacial score (nSPS) is 13.8. The van der Waals surface area contributed by atoms with E-state index in [0.717, 1.165) is 59.1 Å². The molecule has 0 bridgehead atoms. The van der Waals surface area contributed by atoms with E-state index in [2.05, 4.69) is 9.97 Å². The molecule has 2 aromatic carbocycles. The fourth-order valence-corrected chi connectivity index (χ4v) is 4.69. The maximum absolute atomic E-state index is 12.3. The number of nitrogens with zero attached hydrogens (tertiary/aromatic N) is 2. The summed E-state index contributed by atoms with van der Waals surface area (Å²) in [4.78, 5) is 33.0. The van der Waals surface area contributed by atoms with Crippen LogP contribution in [0, 0.1) is 0 Å². The summed E-state index contributed by atoms with van der Waals surface area (Å²) in [5.74, 6) is 0.0119. The molecule has 2 N–H and O–H groups in total. The van der Waals surface area contributed by atoms with Crippen molar-refractivity contribution in [2.24, 2.45) is 0 Å². The van der Waals surface area contributed by atoms with Crippen LogP contribution in [-0.4, -0.2) is 21.5 Å². The molecule has 4 aromatic rings. The van der Waals surface area contributed by atoms with Crippen molar-refractivity contribution in [1.82, 2.24) is 9.97 Å². The highest BCUT2D eigenvalue weighted by atomic mass is 35.5. The third kappa shape index (κ3) is 4.22. The fraction of sp³-hybridized carbons (Fsp3) is 0.143. The van der Waals surface area contributed by atoms with Crippen molar-refractivity contribution in [3.8, 4) is 0 Å². The van der Waals surface area contributed by atoms with Crippen molar-refractivity contribution in [3.05, 3.63) is 123 Å². The van der Waals surface area contributed by atoms with Gasteiger partial charge in [0.15, 0.2) is 0 Å². The molecule has 6 heteroatoms.